The van der Waals surface area contributed by atoms with Gasteiger partial charge in [0.25, 0.3) is 11.8 Å². The lowest BCUT2D eigenvalue weighted by atomic mass is 10.0. The van der Waals surface area contributed by atoms with Crippen molar-refractivity contribution in [3.63, 3.8) is 0 Å². The van der Waals surface area contributed by atoms with E-state index in [2.05, 4.69) is 15.6 Å². The first-order valence-corrected chi connectivity index (χ1v) is 10.6. The first-order valence-electron chi connectivity index (χ1n) is 10.6. The van der Waals surface area contributed by atoms with Crippen molar-refractivity contribution in [2.45, 2.75) is 31.8 Å². The van der Waals surface area contributed by atoms with Gasteiger partial charge in [0, 0.05) is 24.0 Å². The molecule has 1 atom stereocenters. The highest BCUT2D eigenvalue weighted by atomic mass is 16.3. The van der Waals surface area contributed by atoms with E-state index in [1.165, 1.54) is 6.26 Å². The van der Waals surface area contributed by atoms with Gasteiger partial charge in [0.1, 0.15) is 6.04 Å². The molecule has 1 aliphatic rings. The summed E-state index contributed by atoms with van der Waals surface area (Å²) in [4.78, 5) is 44.0. The Morgan fingerprint density at radius 1 is 1.06 bits per heavy atom. The molecule has 2 aromatic heterocycles. The van der Waals surface area contributed by atoms with Gasteiger partial charge in [0.05, 0.1) is 18.5 Å². The van der Waals surface area contributed by atoms with E-state index in [4.69, 9.17) is 4.42 Å². The SMILES string of the molecule is O=C(NCc1ccccn1)c1cccc(NC(=O)C2CCCCN2C(=O)c2ccco2)c1. The van der Waals surface area contributed by atoms with Crippen LogP contribution >= 0.6 is 0 Å². The molecule has 0 bridgehead atoms. The number of hydrogen-bond acceptors (Lipinski definition) is 5. The van der Waals surface area contributed by atoms with Crippen molar-refractivity contribution in [3.05, 3.63) is 84.1 Å². The monoisotopic (exact) mass is 432 g/mol. The summed E-state index contributed by atoms with van der Waals surface area (Å²) in [6.45, 7) is 0.801. The zero-order valence-electron chi connectivity index (χ0n) is 17.5. The Morgan fingerprint density at radius 3 is 2.75 bits per heavy atom. The highest BCUT2D eigenvalue weighted by molar-refractivity contribution is 6.01. The van der Waals surface area contributed by atoms with Crippen molar-refractivity contribution in [2.75, 3.05) is 11.9 Å². The molecule has 1 saturated heterocycles. The Kier molecular flexibility index (Phi) is 6.60. The van der Waals surface area contributed by atoms with Gasteiger partial charge in [0.2, 0.25) is 5.91 Å². The molecule has 0 spiro atoms. The Labute approximate surface area is 185 Å². The number of pyridine rings is 1. The lowest BCUT2D eigenvalue weighted by Crippen LogP contribution is -2.49. The van der Waals surface area contributed by atoms with Crippen molar-refractivity contribution in [1.29, 1.82) is 0 Å². The van der Waals surface area contributed by atoms with Crippen LogP contribution in [0, 0.1) is 0 Å². The Bertz CT molecular complexity index is 1080. The van der Waals surface area contributed by atoms with Crippen molar-refractivity contribution >= 4 is 23.4 Å². The van der Waals surface area contributed by atoms with Gasteiger partial charge in [-0.3, -0.25) is 19.4 Å². The molecule has 3 aromatic rings. The maximum atomic E-state index is 13.0. The predicted octanol–water partition coefficient (Wildman–Crippen LogP) is 3.24. The number of furan rings is 1. The summed E-state index contributed by atoms with van der Waals surface area (Å²) in [5, 5.41) is 5.67. The van der Waals surface area contributed by atoms with Crippen molar-refractivity contribution < 1.29 is 18.8 Å². The van der Waals surface area contributed by atoms with Crippen molar-refractivity contribution in [3.8, 4) is 0 Å². The van der Waals surface area contributed by atoms with Crippen LogP contribution in [0.25, 0.3) is 0 Å². The number of likely N-dealkylation sites (tertiary alicyclic amines) is 1. The minimum absolute atomic E-state index is 0.219. The van der Waals surface area contributed by atoms with E-state index < -0.39 is 6.04 Å². The molecule has 3 amide bonds. The fraction of sp³-hybridized carbons (Fsp3) is 0.250. The molecule has 2 N–H and O–H groups in total. The molecule has 8 heteroatoms. The van der Waals surface area contributed by atoms with Crippen molar-refractivity contribution in [2.24, 2.45) is 0 Å². The second kappa shape index (κ2) is 9.91. The number of aromatic nitrogens is 1. The van der Waals surface area contributed by atoms with Gasteiger partial charge in [0.15, 0.2) is 5.76 Å². The molecular weight excluding hydrogens is 408 g/mol. The van der Waals surface area contributed by atoms with E-state index in [1.807, 2.05) is 18.2 Å². The summed E-state index contributed by atoms with van der Waals surface area (Å²) >= 11 is 0. The highest BCUT2D eigenvalue weighted by Gasteiger charge is 2.33. The second-order valence-corrected chi connectivity index (χ2v) is 7.56. The molecule has 1 fully saturated rings. The third-order valence-electron chi connectivity index (χ3n) is 5.35. The molecule has 0 radical (unpaired) electrons. The summed E-state index contributed by atoms with van der Waals surface area (Å²) in [6, 6.07) is 14.9. The van der Waals surface area contributed by atoms with Crippen LogP contribution in [0.4, 0.5) is 5.69 Å². The zero-order valence-corrected chi connectivity index (χ0v) is 17.5. The lowest BCUT2D eigenvalue weighted by Gasteiger charge is -2.34. The second-order valence-electron chi connectivity index (χ2n) is 7.56. The number of carbonyl (C=O) groups excluding carboxylic acids is 3. The van der Waals surface area contributed by atoms with E-state index in [-0.39, 0.29) is 23.5 Å². The van der Waals surface area contributed by atoms with Crippen LogP contribution in [0.3, 0.4) is 0 Å². The number of nitrogens with one attached hydrogen (secondary N) is 2. The Hall–Kier alpha value is -3.94. The molecule has 1 aromatic carbocycles. The molecule has 8 nitrogen and oxygen atoms in total. The minimum Gasteiger partial charge on any atom is -0.459 e. The first-order chi connectivity index (χ1) is 15.6. The van der Waals surface area contributed by atoms with E-state index in [9.17, 15) is 14.4 Å². The summed E-state index contributed by atoms with van der Waals surface area (Å²) in [5.74, 6) is -0.622. The summed E-state index contributed by atoms with van der Waals surface area (Å²) in [6.07, 6.45) is 5.38. The van der Waals surface area contributed by atoms with Crippen LogP contribution in [-0.2, 0) is 11.3 Å². The van der Waals surface area contributed by atoms with Gasteiger partial charge in [-0.05, 0) is 61.7 Å². The molecule has 4 rings (SSSR count). The van der Waals surface area contributed by atoms with Crippen LogP contribution in [0.1, 0.15) is 45.9 Å². The molecule has 0 aliphatic carbocycles. The molecular formula is C24H24N4O4. The average Bonchev–Trinajstić information content (AvgIpc) is 3.38. The number of hydrogen-bond donors (Lipinski definition) is 2. The fourth-order valence-electron chi connectivity index (χ4n) is 3.73. The van der Waals surface area contributed by atoms with Crippen LogP contribution in [0.5, 0.6) is 0 Å². The molecule has 3 heterocycles. The molecule has 164 valence electrons. The largest absolute Gasteiger partial charge is 0.459 e. The minimum atomic E-state index is -0.594. The van der Waals surface area contributed by atoms with Crippen LogP contribution < -0.4 is 10.6 Å². The Balaban J connectivity index is 1.41. The number of amides is 3. The zero-order chi connectivity index (χ0) is 22.3. The summed E-state index contributed by atoms with van der Waals surface area (Å²) in [7, 11) is 0. The Morgan fingerprint density at radius 2 is 1.97 bits per heavy atom. The van der Waals surface area contributed by atoms with E-state index in [1.54, 1.807) is 47.5 Å². The van der Waals surface area contributed by atoms with E-state index >= 15 is 0 Å². The standard InChI is InChI=1S/C24H24N4O4/c29-22(26-16-19-8-1-3-12-25-19)17-7-5-9-18(15-17)27-23(30)20-10-2-4-13-28(20)24(31)21-11-6-14-32-21/h1,3,5-9,11-12,14-15,20H,2,4,10,13,16H2,(H,26,29)(H,27,30). The maximum absolute atomic E-state index is 13.0. The highest BCUT2D eigenvalue weighted by Crippen LogP contribution is 2.22. The lowest BCUT2D eigenvalue weighted by molar-refractivity contribution is -0.121. The maximum Gasteiger partial charge on any atom is 0.290 e. The third-order valence-corrected chi connectivity index (χ3v) is 5.35. The number of nitrogens with zero attached hydrogens (tertiary/aromatic N) is 2. The van der Waals surface area contributed by atoms with Gasteiger partial charge >= 0.3 is 0 Å². The van der Waals surface area contributed by atoms with Crippen LogP contribution in [-0.4, -0.2) is 40.2 Å². The number of anilines is 1. The fourth-order valence-corrected chi connectivity index (χ4v) is 3.73. The van der Waals surface area contributed by atoms with Crippen LogP contribution in [0.2, 0.25) is 0 Å². The van der Waals surface area contributed by atoms with Gasteiger partial charge in [-0.2, -0.15) is 0 Å². The smallest absolute Gasteiger partial charge is 0.290 e. The van der Waals surface area contributed by atoms with Gasteiger partial charge < -0.3 is 20.0 Å². The number of benzene rings is 1. The normalized spacial score (nSPS) is 15.8. The van der Waals surface area contributed by atoms with E-state index in [0.29, 0.717) is 30.8 Å². The van der Waals surface area contributed by atoms with Gasteiger partial charge in [-0.25, -0.2) is 0 Å². The predicted molar refractivity (Wildman–Crippen MR) is 118 cm³/mol. The topological polar surface area (TPSA) is 105 Å². The van der Waals surface area contributed by atoms with Crippen molar-refractivity contribution in [1.82, 2.24) is 15.2 Å². The summed E-state index contributed by atoms with van der Waals surface area (Å²) < 4.78 is 5.22. The van der Waals surface area contributed by atoms with Gasteiger partial charge in [-0.15, -0.1) is 0 Å². The molecule has 32 heavy (non-hydrogen) atoms. The van der Waals surface area contributed by atoms with Gasteiger partial charge in [-0.1, -0.05) is 12.1 Å². The number of carbonyl (C=O) groups is 3. The molecule has 1 aliphatic heterocycles. The van der Waals surface area contributed by atoms with E-state index in [0.717, 1.165) is 18.5 Å². The summed E-state index contributed by atoms with van der Waals surface area (Å²) in [5.41, 5.74) is 1.67. The molecule has 1 unspecified atom stereocenters. The number of rotatable bonds is 6. The third kappa shape index (κ3) is 5.03. The van der Waals surface area contributed by atoms with Crippen LogP contribution in [0.15, 0.2) is 71.5 Å². The quantitative estimate of drug-likeness (QED) is 0.622. The number of piperidine rings is 1. The first kappa shape index (κ1) is 21.3. The molecule has 0 saturated carbocycles. The average molecular weight is 432 g/mol.